The van der Waals surface area contributed by atoms with Crippen LogP contribution in [0.4, 0.5) is 8.78 Å². The van der Waals surface area contributed by atoms with E-state index in [0.717, 1.165) is 6.07 Å². The molecule has 0 spiro atoms. The quantitative estimate of drug-likeness (QED) is 0.688. The summed E-state index contributed by atoms with van der Waals surface area (Å²) >= 11 is 2.87. The summed E-state index contributed by atoms with van der Waals surface area (Å²) in [6, 6.07) is 1.12. The Bertz CT molecular complexity index is 412. The van der Waals surface area contributed by atoms with Gasteiger partial charge >= 0.3 is 5.97 Å². The molecule has 1 heterocycles. The van der Waals surface area contributed by atoms with E-state index in [1.54, 1.807) is 6.92 Å². The molecule has 0 aliphatic heterocycles. The summed E-state index contributed by atoms with van der Waals surface area (Å²) in [5, 5.41) is 9.42. The second-order valence-electron chi connectivity index (χ2n) is 2.75. The molecule has 7 heteroatoms. The molecule has 1 aromatic heterocycles. The third-order valence-corrected chi connectivity index (χ3v) is 2.10. The van der Waals surface area contributed by atoms with Gasteiger partial charge in [0.15, 0.2) is 11.4 Å². The normalized spacial score (nSPS) is 10.6. The summed E-state index contributed by atoms with van der Waals surface area (Å²) in [6.07, 6.45) is -2.97. The van der Waals surface area contributed by atoms with Gasteiger partial charge in [-0.25, -0.2) is 18.6 Å². The van der Waals surface area contributed by atoms with Gasteiger partial charge in [0.25, 0.3) is 6.43 Å². The van der Waals surface area contributed by atoms with Crippen molar-refractivity contribution in [1.82, 2.24) is 4.98 Å². The molecule has 0 saturated heterocycles. The van der Waals surface area contributed by atoms with Crippen LogP contribution in [0.3, 0.4) is 0 Å². The topological polar surface area (TPSA) is 59.4 Å². The average molecular weight is 296 g/mol. The van der Waals surface area contributed by atoms with Crippen molar-refractivity contribution in [3.63, 3.8) is 0 Å². The maximum Gasteiger partial charge on any atom is 0.342 e. The molecule has 16 heavy (non-hydrogen) atoms. The molecule has 0 fully saturated rings. The highest BCUT2D eigenvalue weighted by Gasteiger charge is 2.23. The molecule has 1 rings (SSSR count). The largest absolute Gasteiger partial charge is 0.505 e. The fourth-order valence-electron chi connectivity index (χ4n) is 1.04. The standard InChI is InChI=1S/C9H8BrF2NO3/c1-2-16-9(15)4-3-5(10)13-6(7(4)14)8(11)12/h3,8,14H,2H2,1H3. The molecule has 4 nitrogen and oxygen atoms in total. The second-order valence-corrected chi connectivity index (χ2v) is 3.56. The number of alkyl halides is 2. The molecule has 0 unspecified atom stereocenters. The number of hydrogen-bond acceptors (Lipinski definition) is 4. The van der Waals surface area contributed by atoms with Crippen LogP contribution < -0.4 is 0 Å². The van der Waals surface area contributed by atoms with Crippen molar-refractivity contribution in [3.8, 4) is 5.75 Å². The molecule has 1 aromatic rings. The summed E-state index contributed by atoms with van der Waals surface area (Å²) < 4.78 is 29.5. The van der Waals surface area contributed by atoms with Crippen molar-refractivity contribution in [3.05, 3.63) is 21.9 Å². The second kappa shape index (κ2) is 5.20. The fourth-order valence-corrected chi connectivity index (χ4v) is 1.46. The van der Waals surface area contributed by atoms with Crippen LogP contribution in [0.2, 0.25) is 0 Å². The lowest BCUT2D eigenvalue weighted by atomic mass is 10.2. The zero-order valence-corrected chi connectivity index (χ0v) is 9.79. The molecule has 0 amide bonds. The van der Waals surface area contributed by atoms with Crippen LogP contribution in [0.1, 0.15) is 29.4 Å². The summed E-state index contributed by atoms with van der Waals surface area (Å²) in [4.78, 5) is 14.7. The van der Waals surface area contributed by atoms with Gasteiger partial charge in [0.1, 0.15) is 10.2 Å². The maximum atomic E-state index is 12.4. The van der Waals surface area contributed by atoms with Gasteiger partial charge in [-0.2, -0.15) is 0 Å². The van der Waals surface area contributed by atoms with Gasteiger partial charge in [0, 0.05) is 0 Å². The van der Waals surface area contributed by atoms with Crippen LogP contribution in [0.15, 0.2) is 10.7 Å². The maximum absolute atomic E-state index is 12.4. The highest BCUT2D eigenvalue weighted by atomic mass is 79.9. The van der Waals surface area contributed by atoms with Crippen LogP contribution in [-0.4, -0.2) is 22.7 Å². The zero-order valence-electron chi connectivity index (χ0n) is 8.21. The smallest absolute Gasteiger partial charge is 0.342 e. The molecule has 1 N–H and O–H groups in total. The van der Waals surface area contributed by atoms with E-state index in [1.165, 1.54) is 0 Å². The van der Waals surface area contributed by atoms with Crippen molar-refractivity contribution in [1.29, 1.82) is 0 Å². The van der Waals surface area contributed by atoms with E-state index in [2.05, 4.69) is 25.7 Å². The summed E-state index contributed by atoms with van der Waals surface area (Å²) in [6.45, 7) is 1.65. The lowest BCUT2D eigenvalue weighted by Crippen LogP contribution is -2.07. The van der Waals surface area contributed by atoms with Crippen molar-refractivity contribution < 1.29 is 23.4 Å². The Balaban J connectivity index is 3.24. The molecule has 0 atom stereocenters. The predicted octanol–water partition coefficient (Wildman–Crippen LogP) is 2.66. The molecular formula is C9H8BrF2NO3. The molecule has 0 aromatic carbocycles. The highest BCUT2D eigenvalue weighted by Crippen LogP contribution is 2.31. The number of ether oxygens (including phenoxy) is 1. The SMILES string of the molecule is CCOC(=O)c1cc(Br)nc(C(F)F)c1O. The Morgan fingerprint density at radius 2 is 2.31 bits per heavy atom. The van der Waals surface area contributed by atoms with Gasteiger partial charge in [0.2, 0.25) is 0 Å². The Kier molecular flexibility index (Phi) is 4.17. The molecule has 88 valence electrons. The van der Waals surface area contributed by atoms with Crippen molar-refractivity contribution in [2.75, 3.05) is 6.61 Å². The number of pyridine rings is 1. The summed E-state index contributed by atoms with van der Waals surface area (Å²) in [7, 11) is 0. The molecule has 0 saturated carbocycles. The first-order chi connectivity index (χ1) is 7.47. The van der Waals surface area contributed by atoms with E-state index >= 15 is 0 Å². The average Bonchev–Trinajstić information content (AvgIpc) is 2.20. The summed E-state index contributed by atoms with van der Waals surface area (Å²) in [5.41, 5.74) is -1.18. The minimum atomic E-state index is -2.97. The fraction of sp³-hybridized carbons (Fsp3) is 0.333. The lowest BCUT2D eigenvalue weighted by molar-refractivity contribution is 0.0521. The van der Waals surface area contributed by atoms with Gasteiger partial charge in [-0.3, -0.25) is 0 Å². The van der Waals surface area contributed by atoms with Crippen LogP contribution in [0.25, 0.3) is 0 Å². The monoisotopic (exact) mass is 295 g/mol. The number of aromatic hydroxyl groups is 1. The van der Waals surface area contributed by atoms with E-state index in [0.29, 0.717) is 0 Å². The van der Waals surface area contributed by atoms with Gasteiger partial charge in [-0.05, 0) is 28.9 Å². The van der Waals surface area contributed by atoms with E-state index in [-0.39, 0.29) is 16.8 Å². The Hall–Kier alpha value is -1.24. The van der Waals surface area contributed by atoms with Gasteiger partial charge in [-0.15, -0.1) is 0 Å². The lowest BCUT2D eigenvalue weighted by Gasteiger charge is -2.08. The van der Waals surface area contributed by atoms with Gasteiger partial charge in [-0.1, -0.05) is 0 Å². The first kappa shape index (κ1) is 12.8. The third-order valence-electron chi connectivity index (χ3n) is 1.69. The summed E-state index contributed by atoms with van der Waals surface area (Å²) in [5.74, 6) is -1.72. The van der Waals surface area contributed by atoms with Crippen LogP contribution in [0, 0.1) is 0 Å². The molecule has 0 aliphatic rings. The van der Waals surface area contributed by atoms with Crippen molar-refractivity contribution in [2.45, 2.75) is 13.3 Å². The van der Waals surface area contributed by atoms with E-state index in [1.807, 2.05) is 0 Å². The first-order valence-corrected chi connectivity index (χ1v) is 5.11. The zero-order chi connectivity index (χ0) is 12.3. The predicted molar refractivity (Wildman–Crippen MR) is 54.5 cm³/mol. The Labute approximate surface area is 98.4 Å². The number of hydrogen-bond donors (Lipinski definition) is 1. The third kappa shape index (κ3) is 2.66. The van der Waals surface area contributed by atoms with Gasteiger partial charge in [0.05, 0.1) is 6.61 Å². The first-order valence-electron chi connectivity index (χ1n) is 4.32. The number of carbonyl (C=O) groups is 1. The number of nitrogens with zero attached hydrogens (tertiary/aromatic N) is 1. The van der Waals surface area contributed by atoms with Crippen molar-refractivity contribution >= 4 is 21.9 Å². The molecule has 0 bridgehead atoms. The van der Waals surface area contributed by atoms with E-state index in [4.69, 9.17) is 0 Å². The van der Waals surface area contributed by atoms with Crippen LogP contribution in [-0.2, 0) is 4.74 Å². The molecular weight excluding hydrogens is 288 g/mol. The highest BCUT2D eigenvalue weighted by molar-refractivity contribution is 9.10. The van der Waals surface area contributed by atoms with Crippen molar-refractivity contribution in [2.24, 2.45) is 0 Å². The van der Waals surface area contributed by atoms with Crippen LogP contribution in [0.5, 0.6) is 5.75 Å². The van der Waals surface area contributed by atoms with Crippen LogP contribution >= 0.6 is 15.9 Å². The van der Waals surface area contributed by atoms with E-state index in [9.17, 15) is 18.7 Å². The molecule has 0 radical (unpaired) electrons. The Morgan fingerprint density at radius 3 is 2.81 bits per heavy atom. The Morgan fingerprint density at radius 1 is 1.69 bits per heavy atom. The minimum Gasteiger partial charge on any atom is -0.505 e. The number of esters is 1. The number of aromatic nitrogens is 1. The minimum absolute atomic E-state index is 0.0312. The molecule has 0 aliphatic carbocycles. The van der Waals surface area contributed by atoms with E-state index < -0.39 is 23.8 Å². The number of rotatable bonds is 3. The number of carbonyl (C=O) groups excluding carboxylic acids is 1. The van der Waals surface area contributed by atoms with Gasteiger partial charge < -0.3 is 9.84 Å². The number of halogens is 3.